The zero-order chi connectivity index (χ0) is 13.6. The van der Waals surface area contributed by atoms with Crippen LogP contribution >= 0.6 is 15.9 Å². The molecule has 3 nitrogen and oxygen atoms in total. The summed E-state index contributed by atoms with van der Waals surface area (Å²) in [4.78, 5) is 11.6. The molecule has 0 heterocycles. The van der Waals surface area contributed by atoms with Crippen LogP contribution in [-0.2, 0) is 10.2 Å². The van der Waals surface area contributed by atoms with E-state index in [2.05, 4.69) is 47.2 Å². The van der Waals surface area contributed by atoms with Gasteiger partial charge in [-0.15, -0.1) is 0 Å². The second kappa shape index (κ2) is 6.90. The monoisotopic (exact) mass is 312 g/mol. The van der Waals surface area contributed by atoms with Crippen LogP contribution in [0.15, 0.2) is 28.7 Å². The highest BCUT2D eigenvalue weighted by Gasteiger charge is 2.21. The summed E-state index contributed by atoms with van der Waals surface area (Å²) in [5, 5.41) is 2.97. The lowest BCUT2D eigenvalue weighted by atomic mass is 9.84. The lowest BCUT2D eigenvalue weighted by Gasteiger charge is -2.26. The topological polar surface area (TPSA) is 55.1 Å². The van der Waals surface area contributed by atoms with E-state index in [4.69, 9.17) is 5.73 Å². The third kappa shape index (κ3) is 4.78. The molecule has 4 heteroatoms. The van der Waals surface area contributed by atoms with Gasteiger partial charge in [0.1, 0.15) is 0 Å². The molecule has 0 radical (unpaired) electrons. The van der Waals surface area contributed by atoms with E-state index in [1.165, 1.54) is 5.56 Å². The number of carbonyl (C=O) groups is 1. The number of nitrogens with one attached hydrogen (secondary N) is 1. The van der Waals surface area contributed by atoms with Crippen LogP contribution < -0.4 is 11.1 Å². The minimum Gasteiger partial charge on any atom is -0.355 e. The van der Waals surface area contributed by atoms with Gasteiger partial charge in [0.05, 0.1) is 0 Å². The molecule has 0 spiro atoms. The second-order valence-corrected chi connectivity index (χ2v) is 5.98. The summed E-state index contributed by atoms with van der Waals surface area (Å²) in [5.41, 5.74) is 6.50. The zero-order valence-corrected chi connectivity index (χ0v) is 12.6. The second-order valence-electron chi connectivity index (χ2n) is 5.06. The zero-order valence-electron chi connectivity index (χ0n) is 11.0. The molecule has 0 atom stereocenters. The fourth-order valence-corrected chi connectivity index (χ4v) is 2.08. The van der Waals surface area contributed by atoms with E-state index in [0.717, 1.165) is 10.9 Å². The predicted octanol–water partition coefficient (Wildman–Crippen LogP) is 2.58. The first-order valence-corrected chi connectivity index (χ1v) is 6.98. The van der Waals surface area contributed by atoms with Gasteiger partial charge in [-0.3, -0.25) is 4.79 Å². The van der Waals surface area contributed by atoms with Gasteiger partial charge in [-0.1, -0.05) is 41.9 Å². The van der Waals surface area contributed by atoms with Gasteiger partial charge < -0.3 is 11.1 Å². The quantitative estimate of drug-likeness (QED) is 0.848. The Kier molecular flexibility index (Phi) is 5.82. The van der Waals surface area contributed by atoms with Gasteiger partial charge in [0.15, 0.2) is 0 Å². The van der Waals surface area contributed by atoms with Crippen LogP contribution in [-0.4, -0.2) is 19.0 Å². The Morgan fingerprint density at radius 3 is 2.78 bits per heavy atom. The van der Waals surface area contributed by atoms with Crippen molar-refractivity contribution in [2.75, 3.05) is 13.1 Å². The third-order valence-corrected chi connectivity index (χ3v) is 3.43. The van der Waals surface area contributed by atoms with Crippen molar-refractivity contribution in [2.45, 2.75) is 32.1 Å². The van der Waals surface area contributed by atoms with E-state index < -0.39 is 0 Å². The molecule has 3 N–H and O–H groups in total. The molecular weight excluding hydrogens is 292 g/mol. The Morgan fingerprint density at radius 2 is 2.17 bits per heavy atom. The molecule has 1 aromatic carbocycles. The van der Waals surface area contributed by atoms with Gasteiger partial charge in [-0.2, -0.15) is 0 Å². The average molecular weight is 313 g/mol. The number of carbonyl (C=O) groups excluding carboxylic acids is 1. The highest BCUT2D eigenvalue weighted by Crippen LogP contribution is 2.25. The van der Waals surface area contributed by atoms with Crippen molar-refractivity contribution in [1.82, 2.24) is 5.32 Å². The van der Waals surface area contributed by atoms with E-state index in [1.807, 2.05) is 12.1 Å². The largest absolute Gasteiger partial charge is 0.355 e. The van der Waals surface area contributed by atoms with Gasteiger partial charge in [-0.05, 0) is 30.7 Å². The molecule has 1 amide bonds. The van der Waals surface area contributed by atoms with Crippen LogP contribution in [0.5, 0.6) is 0 Å². The molecule has 1 rings (SSSR count). The summed E-state index contributed by atoms with van der Waals surface area (Å²) in [6.07, 6.45) is 1.24. The molecule has 100 valence electrons. The van der Waals surface area contributed by atoms with Gasteiger partial charge in [0.25, 0.3) is 0 Å². The summed E-state index contributed by atoms with van der Waals surface area (Å²) in [5.74, 6) is 0.0727. The van der Waals surface area contributed by atoms with E-state index in [0.29, 0.717) is 19.5 Å². The summed E-state index contributed by atoms with van der Waals surface area (Å²) < 4.78 is 1.06. The number of hydrogen-bond acceptors (Lipinski definition) is 2. The van der Waals surface area contributed by atoms with Gasteiger partial charge in [0, 0.05) is 22.9 Å². The van der Waals surface area contributed by atoms with E-state index in [9.17, 15) is 4.79 Å². The van der Waals surface area contributed by atoms with Crippen LogP contribution in [0.2, 0.25) is 0 Å². The van der Waals surface area contributed by atoms with Crippen molar-refractivity contribution in [2.24, 2.45) is 5.73 Å². The minimum absolute atomic E-state index is 0.0727. The molecule has 0 saturated heterocycles. The number of hydrogen-bond donors (Lipinski definition) is 2. The van der Waals surface area contributed by atoms with E-state index >= 15 is 0 Å². The number of halogens is 1. The first kappa shape index (κ1) is 15.2. The maximum Gasteiger partial charge on any atom is 0.220 e. The Bertz CT molecular complexity index is 405. The number of amides is 1. The standard InChI is InChI=1S/C14H21BrN2O/c1-14(2,10-17-13(18)7-4-8-16)11-5-3-6-12(15)9-11/h3,5-6,9H,4,7-8,10,16H2,1-2H3,(H,17,18). The lowest BCUT2D eigenvalue weighted by molar-refractivity contribution is -0.121. The molecule has 1 aromatic rings. The van der Waals surface area contributed by atoms with Crippen molar-refractivity contribution in [1.29, 1.82) is 0 Å². The van der Waals surface area contributed by atoms with Crippen molar-refractivity contribution in [3.8, 4) is 0 Å². The number of nitrogens with two attached hydrogens (primary N) is 1. The average Bonchev–Trinajstić information content (AvgIpc) is 2.34. The Labute approximate surface area is 117 Å². The van der Waals surface area contributed by atoms with Crippen LogP contribution in [0.3, 0.4) is 0 Å². The summed E-state index contributed by atoms with van der Waals surface area (Å²) >= 11 is 3.47. The normalized spacial score (nSPS) is 11.3. The van der Waals surface area contributed by atoms with Crippen molar-refractivity contribution < 1.29 is 4.79 Å². The lowest BCUT2D eigenvalue weighted by Crippen LogP contribution is -2.36. The van der Waals surface area contributed by atoms with Gasteiger partial charge in [0.2, 0.25) is 5.91 Å². The molecule has 18 heavy (non-hydrogen) atoms. The molecule has 0 saturated carbocycles. The molecule has 0 aliphatic carbocycles. The third-order valence-electron chi connectivity index (χ3n) is 2.94. The maximum absolute atomic E-state index is 11.6. The minimum atomic E-state index is -0.0812. The van der Waals surface area contributed by atoms with Crippen LogP contribution in [0.25, 0.3) is 0 Å². The molecular formula is C14H21BrN2O. The number of benzene rings is 1. The SMILES string of the molecule is CC(C)(CNC(=O)CCCN)c1cccc(Br)c1. The van der Waals surface area contributed by atoms with Crippen molar-refractivity contribution in [3.63, 3.8) is 0 Å². The fraction of sp³-hybridized carbons (Fsp3) is 0.500. The van der Waals surface area contributed by atoms with Gasteiger partial charge >= 0.3 is 0 Å². The molecule has 0 aliphatic heterocycles. The van der Waals surface area contributed by atoms with Crippen LogP contribution in [0.1, 0.15) is 32.3 Å². The number of rotatable bonds is 6. The summed E-state index contributed by atoms with van der Waals surface area (Å²) in [6, 6.07) is 8.18. The van der Waals surface area contributed by atoms with Crippen molar-refractivity contribution in [3.05, 3.63) is 34.3 Å². The highest BCUT2D eigenvalue weighted by atomic mass is 79.9. The van der Waals surface area contributed by atoms with Gasteiger partial charge in [-0.25, -0.2) is 0 Å². The molecule has 0 unspecified atom stereocenters. The molecule has 0 aliphatic rings. The van der Waals surface area contributed by atoms with E-state index in [-0.39, 0.29) is 11.3 Å². The molecule has 0 aromatic heterocycles. The summed E-state index contributed by atoms with van der Waals surface area (Å²) in [7, 11) is 0. The van der Waals surface area contributed by atoms with Crippen LogP contribution in [0, 0.1) is 0 Å². The van der Waals surface area contributed by atoms with E-state index in [1.54, 1.807) is 0 Å². The maximum atomic E-state index is 11.6. The first-order valence-electron chi connectivity index (χ1n) is 6.18. The Morgan fingerprint density at radius 1 is 1.44 bits per heavy atom. The van der Waals surface area contributed by atoms with Crippen molar-refractivity contribution >= 4 is 21.8 Å². The molecule has 0 fully saturated rings. The molecule has 0 bridgehead atoms. The Hall–Kier alpha value is -0.870. The summed E-state index contributed by atoms with van der Waals surface area (Å²) in [6.45, 7) is 5.44. The smallest absolute Gasteiger partial charge is 0.220 e. The Balaban J connectivity index is 2.57. The highest BCUT2D eigenvalue weighted by molar-refractivity contribution is 9.10. The van der Waals surface area contributed by atoms with Crippen LogP contribution in [0.4, 0.5) is 0 Å². The predicted molar refractivity (Wildman–Crippen MR) is 78.5 cm³/mol. The first-order chi connectivity index (χ1) is 8.45. The fourth-order valence-electron chi connectivity index (χ4n) is 1.68.